The number of rotatable bonds is 1. The molecule has 1 saturated heterocycles. The lowest BCUT2D eigenvalue weighted by Gasteiger charge is -2.58. The molecule has 1 aromatic carbocycles. The predicted molar refractivity (Wildman–Crippen MR) is 87.9 cm³/mol. The van der Waals surface area contributed by atoms with Gasteiger partial charge in [-0.15, -0.1) is 0 Å². The van der Waals surface area contributed by atoms with E-state index in [0.29, 0.717) is 16.9 Å². The summed E-state index contributed by atoms with van der Waals surface area (Å²) in [5.74, 6) is 0.710. The lowest BCUT2D eigenvalue weighted by Crippen LogP contribution is -2.59. The molecule has 0 radical (unpaired) electrons. The third kappa shape index (κ3) is 2.00. The van der Waals surface area contributed by atoms with Crippen LogP contribution in [0.2, 0.25) is 0 Å². The highest BCUT2D eigenvalue weighted by molar-refractivity contribution is 7.90. The lowest BCUT2D eigenvalue weighted by molar-refractivity contribution is 0.00271. The molecule has 22 heavy (non-hydrogen) atoms. The predicted octanol–water partition coefficient (Wildman–Crippen LogP) is 2.78. The first kappa shape index (κ1) is 14.7. The zero-order valence-corrected chi connectivity index (χ0v) is 14.3. The largest absolute Gasteiger partial charge is 0.303 e. The quantitative estimate of drug-likeness (QED) is 0.799. The smallest absolute Gasteiger partial charge is 0.175 e. The Labute approximate surface area is 133 Å². The van der Waals surface area contributed by atoms with Crippen molar-refractivity contribution in [3.8, 4) is 0 Å². The number of sulfone groups is 1. The van der Waals surface area contributed by atoms with Gasteiger partial charge in [0.25, 0.3) is 0 Å². The minimum Gasteiger partial charge on any atom is -0.303 e. The van der Waals surface area contributed by atoms with Crippen molar-refractivity contribution < 1.29 is 8.42 Å². The van der Waals surface area contributed by atoms with Crippen molar-refractivity contribution in [2.75, 3.05) is 19.8 Å². The Morgan fingerprint density at radius 1 is 1.23 bits per heavy atom. The van der Waals surface area contributed by atoms with Crippen molar-refractivity contribution in [3.05, 3.63) is 29.3 Å². The molecular weight excluding hydrogens is 294 g/mol. The maximum Gasteiger partial charge on any atom is 0.175 e. The van der Waals surface area contributed by atoms with Gasteiger partial charge in [-0.05, 0) is 68.5 Å². The summed E-state index contributed by atoms with van der Waals surface area (Å²) < 4.78 is 24.0. The van der Waals surface area contributed by atoms with Crippen molar-refractivity contribution in [2.45, 2.75) is 54.9 Å². The molecule has 0 spiro atoms. The summed E-state index contributed by atoms with van der Waals surface area (Å²) >= 11 is 0. The fraction of sp³-hybridized carbons (Fsp3) is 0.667. The standard InChI is InChI=1S/C18H25NO2S/c1-19-10-9-18-8-4-3-5-15(18)17(19)11-13-6-7-14(12-16(13)18)22(2,20)21/h6-7,12,15,17H,3-5,8-11H2,1-2H3/t15-,17+,18+/m1/s1. The summed E-state index contributed by atoms with van der Waals surface area (Å²) in [6, 6.07) is 6.56. The maximum absolute atomic E-state index is 12.0. The molecule has 2 bridgehead atoms. The molecule has 0 aromatic heterocycles. The molecule has 3 nitrogen and oxygen atoms in total. The minimum atomic E-state index is -3.13. The summed E-state index contributed by atoms with van der Waals surface area (Å²) in [4.78, 5) is 3.05. The molecule has 2 fully saturated rings. The molecule has 1 saturated carbocycles. The number of hydrogen-bond acceptors (Lipinski definition) is 3. The van der Waals surface area contributed by atoms with Crippen LogP contribution in [0, 0.1) is 5.92 Å². The van der Waals surface area contributed by atoms with E-state index in [1.807, 2.05) is 12.1 Å². The van der Waals surface area contributed by atoms with E-state index in [1.54, 1.807) is 0 Å². The van der Waals surface area contributed by atoms with Gasteiger partial charge in [-0.25, -0.2) is 8.42 Å². The topological polar surface area (TPSA) is 37.4 Å². The lowest BCUT2D eigenvalue weighted by atomic mass is 9.52. The molecule has 1 heterocycles. The summed E-state index contributed by atoms with van der Waals surface area (Å²) in [6.07, 6.45) is 8.76. The average molecular weight is 319 g/mol. The molecule has 1 aromatic rings. The first-order valence-corrected chi connectivity index (χ1v) is 10.3. The van der Waals surface area contributed by atoms with Crippen LogP contribution in [0.4, 0.5) is 0 Å². The summed E-state index contributed by atoms with van der Waals surface area (Å²) in [7, 11) is -0.863. The molecule has 0 amide bonds. The second-order valence-corrected chi connectivity index (χ2v) is 9.62. The highest BCUT2D eigenvalue weighted by Crippen LogP contribution is 2.55. The zero-order chi connectivity index (χ0) is 15.5. The molecule has 4 heteroatoms. The SMILES string of the molecule is CN1CC[C@@]23CCCC[C@@H]2[C@@H]1Cc1ccc(S(C)(=O)=O)cc13. The monoisotopic (exact) mass is 319 g/mol. The number of nitrogens with zero attached hydrogens (tertiary/aromatic N) is 1. The second kappa shape index (κ2) is 4.81. The number of piperidine rings is 1. The van der Waals surface area contributed by atoms with Crippen LogP contribution >= 0.6 is 0 Å². The van der Waals surface area contributed by atoms with Crippen LogP contribution in [0.25, 0.3) is 0 Å². The number of fused-ring (bicyclic) bond motifs is 1. The van der Waals surface area contributed by atoms with E-state index < -0.39 is 9.84 Å². The van der Waals surface area contributed by atoms with Gasteiger partial charge >= 0.3 is 0 Å². The molecule has 4 rings (SSSR count). The zero-order valence-electron chi connectivity index (χ0n) is 13.5. The number of likely N-dealkylation sites (N-methyl/N-ethyl adjacent to an activating group) is 1. The molecule has 1 aliphatic heterocycles. The first-order chi connectivity index (χ1) is 10.4. The van der Waals surface area contributed by atoms with E-state index in [1.165, 1.54) is 49.5 Å². The van der Waals surface area contributed by atoms with Gasteiger partial charge in [0.05, 0.1) is 4.90 Å². The van der Waals surface area contributed by atoms with E-state index in [0.717, 1.165) is 13.0 Å². The number of likely N-dealkylation sites (tertiary alicyclic amines) is 1. The van der Waals surface area contributed by atoms with Gasteiger partial charge in [-0.1, -0.05) is 18.9 Å². The van der Waals surface area contributed by atoms with Gasteiger partial charge in [0, 0.05) is 17.7 Å². The van der Waals surface area contributed by atoms with Crippen molar-refractivity contribution >= 4 is 9.84 Å². The Kier molecular flexibility index (Phi) is 3.22. The molecule has 2 aliphatic carbocycles. The summed E-state index contributed by atoms with van der Waals surface area (Å²) in [6.45, 7) is 1.14. The first-order valence-electron chi connectivity index (χ1n) is 8.45. The van der Waals surface area contributed by atoms with Gasteiger partial charge in [-0.3, -0.25) is 0 Å². The third-order valence-electron chi connectivity index (χ3n) is 6.51. The normalized spacial score (nSPS) is 34.8. The van der Waals surface area contributed by atoms with Crippen LogP contribution in [0.15, 0.2) is 23.1 Å². The van der Waals surface area contributed by atoms with Gasteiger partial charge in [0.15, 0.2) is 9.84 Å². The minimum absolute atomic E-state index is 0.240. The average Bonchev–Trinajstić information content (AvgIpc) is 2.49. The van der Waals surface area contributed by atoms with Crippen molar-refractivity contribution in [1.29, 1.82) is 0 Å². The maximum atomic E-state index is 12.0. The van der Waals surface area contributed by atoms with Crippen LogP contribution in [0.1, 0.15) is 43.2 Å². The van der Waals surface area contributed by atoms with Gasteiger partial charge in [0.1, 0.15) is 0 Å². The van der Waals surface area contributed by atoms with E-state index in [4.69, 9.17) is 0 Å². The van der Waals surface area contributed by atoms with Crippen LogP contribution in [-0.2, 0) is 21.7 Å². The Morgan fingerprint density at radius 2 is 2.05 bits per heavy atom. The van der Waals surface area contributed by atoms with E-state index in [9.17, 15) is 8.42 Å². The van der Waals surface area contributed by atoms with Crippen molar-refractivity contribution in [3.63, 3.8) is 0 Å². The molecule has 0 unspecified atom stereocenters. The Bertz CT molecular complexity index is 712. The summed E-state index contributed by atoms with van der Waals surface area (Å²) in [5, 5.41) is 0. The van der Waals surface area contributed by atoms with E-state index in [-0.39, 0.29) is 5.41 Å². The third-order valence-corrected chi connectivity index (χ3v) is 7.62. The summed E-state index contributed by atoms with van der Waals surface area (Å²) in [5.41, 5.74) is 3.00. The molecule has 3 atom stereocenters. The number of hydrogen-bond donors (Lipinski definition) is 0. The van der Waals surface area contributed by atoms with Gasteiger partial charge < -0.3 is 4.90 Å². The van der Waals surface area contributed by atoms with Gasteiger partial charge in [-0.2, -0.15) is 0 Å². The fourth-order valence-electron chi connectivity index (χ4n) is 5.41. The Balaban J connectivity index is 1.91. The van der Waals surface area contributed by atoms with E-state index in [2.05, 4.69) is 18.0 Å². The highest BCUT2D eigenvalue weighted by Gasteiger charge is 2.53. The van der Waals surface area contributed by atoms with Crippen molar-refractivity contribution in [2.24, 2.45) is 5.92 Å². The van der Waals surface area contributed by atoms with Crippen LogP contribution in [0.3, 0.4) is 0 Å². The second-order valence-electron chi connectivity index (χ2n) is 7.60. The van der Waals surface area contributed by atoms with Crippen LogP contribution in [-0.4, -0.2) is 39.2 Å². The Morgan fingerprint density at radius 3 is 2.82 bits per heavy atom. The molecule has 0 N–H and O–H groups in total. The van der Waals surface area contributed by atoms with E-state index >= 15 is 0 Å². The molecule has 120 valence electrons. The van der Waals surface area contributed by atoms with Crippen LogP contribution in [0.5, 0.6) is 0 Å². The van der Waals surface area contributed by atoms with Crippen LogP contribution < -0.4 is 0 Å². The van der Waals surface area contributed by atoms with Crippen molar-refractivity contribution in [1.82, 2.24) is 4.90 Å². The fourth-order valence-corrected chi connectivity index (χ4v) is 6.05. The molecular formula is C18H25NO2S. The highest BCUT2D eigenvalue weighted by atomic mass is 32.2. The number of benzene rings is 1. The Hall–Kier alpha value is -0.870. The molecule has 3 aliphatic rings. The van der Waals surface area contributed by atoms with Gasteiger partial charge in [0.2, 0.25) is 0 Å².